The molecule has 3 aromatic carbocycles. The Hall–Kier alpha value is -4.05. The number of rotatable bonds is 4. The first-order valence-corrected chi connectivity index (χ1v) is 10.1. The van der Waals surface area contributed by atoms with Gasteiger partial charge in [-0.15, -0.1) is 0 Å². The minimum absolute atomic E-state index is 0.0774. The molecule has 0 unspecified atom stereocenters. The van der Waals surface area contributed by atoms with Crippen LogP contribution in [0.1, 0.15) is 38.5 Å². The number of halogens is 3. The SMILES string of the molecule is O=Cc1ccc(C#CCNC(=O)OCC2c3ccccc3-c3ccccc32)cc1C(F)(F)F. The van der Waals surface area contributed by atoms with E-state index in [9.17, 15) is 22.8 Å². The van der Waals surface area contributed by atoms with Crippen molar-refractivity contribution in [2.24, 2.45) is 0 Å². The number of carbonyl (C=O) groups excluding carboxylic acids is 2. The molecule has 1 aliphatic carbocycles. The molecule has 0 atom stereocenters. The third kappa shape index (κ3) is 4.75. The second kappa shape index (κ2) is 9.21. The van der Waals surface area contributed by atoms with Gasteiger partial charge in [0.2, 0.25) is 0 Å². The molecule has 1 amide bonds. The fourth-order valence-electron chi connectivity index (χ4n) is 3.89. The first-order chi connectivity index (χ1) is 15.9. The highest BCUT2D eigenvalue weighted by Gasteiger charge is 2.33. The van der Waals surface area contributed by atoms with Crippen molar-refractivity contribution in [3.8, 4) is 23.0 Å². The molecular weight excluding hydrogens is 431 g/mol. The molecule has 166 valence electrons. The van der Waals surface area contributed by atoms with Crippen LogP contribution in [-0.2, 0) is 10.9 Å². The molecule has 0 aliphatic heterocycles. The first kappa shape index (κ1) is 22.2. The van der Waals surface area contributed by atoms with Crippen LogP contribution in [0.2, 0.25) is 0 Å². The van der Waals surface area contributed by atoms with Gasteiger partial charge in [-0.25, -0.2) is 4.79 Å². The normalized spacial score (nSPS) is 12.2. The molecule has 1 aliphatic rings. The van der Waals surface area contributed by atoms with Crippen molar-refractivity contribution < 1.29 is 27.5 Å². The van der Waals surface area contributed by atoms with Gasteiger partial charge in [-0.2, -0.15) is 13.2 Å². The summed E-state index contributed by atoms with van der Waals surface area (Å²) in [7, 11) is 0. The van der Waals surface area contributed by atoms with Crippen LogP contribution in [0.5, 0.6) is 0 Å². The minimum atomic E-state index is -4.66. The van der Waals surface area contributed by atoms with Gasteiger partial charge in [0.1, 0.15) is 6.61 Å². The lowest BCUT2D eigenvalue weighted by Crippen LogP contribution is -2.26. The number of hydrogen-bond acceptors (Lipinski definition) is 3. The van der Waals surface area contributed by atoms with Gasteiger partial charge >= 0.3 is 12.3 Å². The number of aldehydes is 1. The Kier molecular flexibility index (Phi) is 6.18. The fraction of sp³-hybridized carbons (Fsp3) is 0.154. The zero-order valence-corrected chi connectivity index (χ0v) is 17.3. The standard InChI is InChI=1S/C26H18F3NO3/c27-26(28,29)24-14-17(11-12-18(24)15-31)6-5-13-30-25(32)33-16-23-21-9-3-1-7-19(21)20-8-2-4-10-22(20)23/h1-4,7-12,14-15,23H,13,16H2,(H,30,32). The summed E-state index contributed by atoms with van der Waals surface area (Å²) >= 11 is 0. The van der Waals surface area contributed by atoms with Gasteiger partial charge in [-0.3, -0.25) is 4.79 Å². The van der Waals surface area contributed by atoms with Crippen molar-refractivity contribution in [3.05, 3.63) is 94.5 Å². The van der Waals surface area contributed by atoms with Gasteiger partial charge in [0.25, 0.3) is 0 Å². The summed E-state index contributed by atoms with van der Waals surface area (Å²) in [5.74, 6) is 5.06. The number of alkyl halides is 3. The van der Waals surface area contributed by atoms with E-state index in [4.69, 9.17) is 4.74 Å². The van der Waals surface area contributed by atoms with E-state index >= 15 is 0 Å². The summed E-state index contributed by atoms with van der Waals surface area (Å²) in [6.45, 7) is 0.0445. The van der Waals surface area contributed by atoms with Gasteiger partial charge in [0.05, 0.1) is 12.1 Å². The predicted molar refractivity (Wildman–Crippen MR) is 117 cm³/mol. The molecule has 0 fully saturated rings. The Bertz CT molecular complexity index is 1230. The van der Waals surface area contributed by atoms with Gasteiger partial charge < -0.3 is 10.1 Å². The maximum atomic E-state index is 13.0. The Labute approximate surface area is 188 Å². The van der Waals surface area contributed by atoms with E-state index in [-0.39, 0.29) is 30.9 Å². The zero-order chi connectivity index (χ0) is 23.4. The van der Waals surface area contributed by atoms with Gasteiger partial charge in [0, 0.05) is 17.0 Å². The van der Waals surface area contributed by atoms with Gasteiger partial charge in [-0.1, -0.05) is 60.4 Å². The number of fused-ring (bicyclic) bond motifs is 3. The second-order valence-electron chi connectivity index (χ2n) is 7.40. The highest BCUT2D eigenvalue weighted by molar-refractivity contribution is 5.79. The maximum Gasteiger partial charge on any atom is 0.417 e. The molecule has 0 saturated heterocycles. The molecule has 0 aromatic heterocycles. The topological polar surface area (TPSA) is 55.4 Å². The molecule has 3 aromatic rings. The molecule has 0 radical (unpaired) electrons. The Balaban J connectivity index is 1.36. The van der Waals surface area contributed by atoms with Crippen molar-refractivity contribution >= 4 is 12.4 Å². The van der Waals surface area contributed by atoms with Crippen LogP contribution >= 0.6 is 0 Å². The summed E-state index contributed by atoms with van der Waals surface area (Å²) in [6.07, 6.45) is -5.18. The summed E-state index contributed by atoms with van der Waals surface area (Å²) in [6, 6.07) is 19.1. The highest BCUT2D eigenvalue weighted by Crippen LogP contribution is 2.44. The zero-order valence-electron chi connectivity index (χ0n) is 17.3. The lowest BCUT2D eigenvalue weighted by Gasteiger charge is -2.14. The monoisotopic (exact) mass is 449 g/mol. The number of nitrogens with one attached hydrogen (secondary N) is 1. The lowest BCUT2D eigenvalue weighted by atomic mass is 9.98. The molecule has 0 saturated carbocycles. The number of amides is 1. The molecule has 4 nitrogen and oxygen atoms in total. The van der Waals surface area contributed by atoms with Crippen LogP contribution in [0.15, 0.2) is 66.7 Å². The molecule has 0 heterocycles. The number of alkyl carbamates (subject to hydrolysis) is 1. The first-order valence-electron chi connectivity index (χ1n) is 10.1. The molecular formula is C26H18F3NO3. The van der Waals surface area contributed by atoms with Crippen LogP contribution < -0.4 is 5.32 Å². The highest BCUT2D eigenvalue weighted by atomic mass is 19.4. The van der Waals surface area contributed by atoms with Crippen LogP contribution in [-0.4, -0.2) is 25.5 Å². The van der Waals surface area contributed by atoms with E-state index in [1.54, 1.807) is 0 Å². The quantitative estimate of drug-likeness (QED) is 0.428. The van der Waals surface area contributed by atoms with Crippen LogP contribution in [0, 0.1) is 11.8 Å². The minimum Gasteiger partial charge on any atom is -0.449 e. The van der Waals surface area contributed by atoms with E-state index in [1.165, 1.54) is 6.07 Å². The number of ether oxygens (including phenoxy) is 1. The van der Waals surface area contributed by atoms with E-state index < -0.39 is 23.4 Å². The third-order valence-corrected chi connectivity index (χ3v) is 5.38. The largest absolute Gasteiger partial charge is 0.449 e. The predicted octanol–water partition coefficient (Wildman–Crippen LogP) is 5.41. The molecule has 0 spiro atoms. The van der Waals surface area contributed by atoms with Crippen molar-refractivity contribution in [2.75, 3.05) is 13.2 Å². The summed E-state index contributed by atoms with van der Waals surface area (Å²) in [5.41, 5.74) is 3.00. The number of hydrogen-bond donors (Lipinski definition) is 1. The van der Waals surface area contributed by atoms with Gasteiger partial charge in [-0.05, 0) is 40.5 Å². The smallest absolute Gasteiger partial charge is 0.417 e. The lowest BCUT2D eigenvalue weighted by molar-refractivity contribution is -0.137. The van der Waals surface area contributed by atoms with Gasteiger partial charge in [0.15, 0.2) is 6.29 Å². The summed E-state index contributed by atoms with van der Waals surface area (Å²) < 4.78 is 44.5. The van der Waals surface area contributed by atoms with E-state index in [2.05, 4.69) is 17.2 Å². The second-order valence-corrected chi connectivity index (χ2v) is 7.40. The Morgan fingerprint density at radius 3 is 2.24 bits per heavy atom. The van der Waals surface area contributed by atoms with Crippen molar-refractivity contribution in [3.63, 3.8) is 0 Å². The maximum absolute atomic E-state index is 13.0. The number of carbonyl (C=O) groups is 2. The fourth-order valence-corrected chi connectivity index (χ4v) is 3.89. The summed E-state index contributed by atoms with van der Waals surface area (Å²) in [4.78, 5) is 22.9. The van der Waals surface area contributed by atoms with Crippen LogP contribution in [0.4, 0.5) is 18.0 Å². The van der Waals surface area contributed by atoms with Crippen molar-refractivity contribution in [2.45, 2.75) is 12.1 Å². The molecule has 1 N–H and O–H groups in total. The van der Waals surface area contributed by atoms with E-state index in [1.807, 2.05) is 48.5 Å². The Morgan fingerprint density at radius 1 is 1.00 bits per heavy atom. The van der Waals surface area contributed by atoms with E-state index in [0.29, 0.717) is 0 Å². The van der Waals surface area contributed by atoms with E-state index in [0.717, 1.165) is 34.4 Å². The van der Waals surface area contributed by atoms with Crippen molar-refractivity contribution in [1.29, 1.82) is 0 Å². The number of benzene rings is 3. The van der Waals surface area contributed by atoms with Crippen LogP contribution in [0.25, 0.3) is 11.1 Å². The average molecular weight is 449 g/mol. The Morgan fingerprint density at radius 2 is 1.64 bits per heavy atom. The molecule has 4 rings (SSSR count). The molecule has 0 bridgehead atoms. The van der Waals surface area contributed by atoms with Crippen LogP contribution in [0.3, 0.4) is 0 Å². The summed E-state index contributed by atoms with van der Waals surface area (Å²) in [5, 5.41) is 2.48. The van der Waals surface area contributed by atoms with Crippen molar-refractivity contribution in [1.82, 2.24) is 5.32 Å². The molecule has 33 heavy (non-hydrogen) atoms. The third-order valence-electron chi connectivity index (χ3n) is 5.38. The molecule has 7 heteroatoms. The average Bonchev–Trinajstić information content (AvgIpc) is 3.13.